The molecular formula is C11H10N2O3. The predicted molar refractivity (Wildman–Crippen MR) is 56.4 cm³/mol. The fourth-order valence-corrected chi connectivity index (χ4v) is 1.58. The molecule has 0 saturated carbocycles. The SMILES string of the molecule is COc1cc(C#N)ccc1N1CCOC1=O. The van der Waals surface area contributed by atoms with Gasteiger partial charge in [0.15, 0.2) is 0 Å². The Hall–Kier alpha value is -2.22. The van der Waals surface area contributed by atoms with E-state index in [9.17, 15) is 4.79 Å². The zero-order valence-corrected chi connectivity index (χ0v) is 8.77. The standard InChI is InChI=1S/C11H10N2O3/c1-15-10-6-8(7-12)2-3-9(10)13-4-5-16-11(13)14/h2-3,6H,4-5H2,1H3. The normalized spacial score (nSPS) is 14.5. The lowest BCUT2D eigenvalue weighted by Crippen LogP contribution is -2.23. The number of hydrogen-bond donors (Lipinski definition) is 0. The summed E-state index contributed by atoms with van der Waals surface area (Å²) in [6, 6.07) is 6.94. The van der Waals surface area contributed by atoms with Gasteiger partial charge in [-0.05, 0) is 12.1 Å². The summed E-state index contributed by atoms with van der Waals surface area (Å²) in [5.74, 6) is 0.498. The van der Waals surface area contributed by atoms with Crippen molar-refractivity contribution >= 4 is 11.8 Å². The zero-order valence-electron chi connectivity index (χ0n) is 8.77. The van der Waals surface area contributed by atoms with E-state index in [0.717, 1.165) is 0 Å². The molecule has 0 spiro atoms. The number of ether oxygens (including phenoxy) is 2. The van der Waals surface area contributed by atoms with Gasteiger partial charge in [0.05, 0.1) is 31.0 Å². The van der Waals surface area contributed by atoms with Gasteiger partial charge in [-0.3, -0.25) is 4.90 Å². The number of cyclic esters (lactones) is 1. The van der Waals surface area contributed by atoms with E-state index in [1.54, 1.807) is 18.2 Å². The highest BCUT2D eigenvalue weighted by molar-refractivity contribution is 5.91. The molecule has 0 bridgehead atoms. The summed E-state index contributed by atoms with van der Waals surface area (Å²) in [5.41, 5.74) is 1.12. The zero-order chi connectivity index (χ0) is 11.5. The maximum absolute atomic E-state index is 11.4. The molecule has 0 N–H and O–H groups in total. The van der Waals surface area contributed by atoms with Gasteiger partial charge in [0.25, 0.3) is 0 Å². The first kappa shape index (κ1) is 10.3. The maximum atomic E-state index is 11.4. The van der Waals surface area contributed by atoms with Crippen molar-refractivity contribution in [1.82, 2.24) is 0 Å². The third-order valence-corrected chi connectivity index (χ3v) is 2.36. The van der Waals surface area contributed by atoms with Gasteiger partial charge in [-0.2, -0.15) is 5.26 Å². The smallest absolute Gasteiger partial charge is 0.414 e. The maximum Gasteiger partial charge on any atom is 0.414 e. The van der Waals surface area contributed by atoms with E-state index in [1.807, 2.05) is 6.07 Å². The highest BCUT2D eigenvalue weighted by Crippen LogP contribution is 2.30. The highest BCUT2D eigenvalue weighted by atomic mass is 16.6. The number of carbonyl (C=O) groups excluding carboxylic acids is 1. The molecule has 0 radical (unpaired) electrons. The van der Waals surface area contributed by atoms with Crippen molar-refractivity contribution in [2.75, 3.05) is 25.2 Å². The van der Waals surface area contributed by atoms with Crippen LogP contribution in [-0.4, -0.2) is 26.4 Å². The van der Waals surface area contributed by atoms with Gasteiger partial charge in [0, 0.05) is 6.07 Å². The quantitative estimate of drug-likeness (QED) is 0.755. The van der Waals surface area contributed by atoms with Crippen molar-refractivity contribution in [2.45, 2.75) is 0 Å². The highest BCUT2D eigenvalue weighted by Gasteiger charge is 2.26. The molecule has 5 heteroatoms. The van der Waals surface area contributed by atoms with Crippen LogP contribution in [-0.2, 0) is 4.74 Å². The number of rotatable bonds is 2. The van der Waals surface area contributed by atoms with Crippen molar-refractivity contribution in [3.8, 4) is 11.8 Å². The number of benzene rings is 1. The molecule has 0 aromatic heterocycles. The first-order valence-corrected chi connectivity index (χ1v) is 4.78. The lowest BCUT2D eigenvalue weighted by Gasteiger charge is -2.16. The number of nitriles is 1. The largest absolute Gasteiger partial charge is 0.495 e. The Morgan fingerprint density at radius 2 is 2.38 bits per heavy atom. The van der Waals surface area contributed by atoms with E-state index in [4.69, 9.17) is 14.7 Å². The molecule has 0 aliphatic carbocycles. The number of nitrogens with zero attached hydrogens (tertiary/aromatic N) is 2. The minimum Gasteiger partial charge on any atom is -0.495 e. The first-order chi connectivity index (χ1) is 7.76. The van der Waals surface area contributed by atoms with Crippen molar-refractivity contribution in [2.24, 2.45) is 0 Å². The van der Waals surface area contributed by atoms with Gasteiger partial charge in [-0.15, -0.1) is 0 Å². The summed E-state index contributed by atoms with van der Waals surface area (Å²) in [6.45, 7) is 0.878. The number of hydrogen-bond acceptors (Lipinski definition) is 4. The summed E-state index contributed by atoms with van der Waals surface area (Å²) in [4.78, 5) is 12.9. The lowest BCUT2D eigenvalue weighted by atomic mass is 10.2. The molecule has 1 aromatic rings. The van der Waals surface area contributed by atoms with E-state index < -0.39 is 0 Å². The second-order valence-electron chi connectivity index (χ2n) is 3.26. The van der Waals surface area contributed by atoms with Gasteiger partial charge >= 0.3 is 6.09 Å². The Morgan fingerprint density at radius 3 is 2.94 bits per heavy atom. The van der Waals surface area contributed by atoms with Crippen molar-refractivity contribution in [3.05, 3.63) is 23.8 Å². The molecular weight excluding hydrogens is 208 g/mol. The molecule has 1 amide bonds. The average Bonchev–Trinajstić information content (AvgIpc) is 2.74. The Bertz CT molecular complexity index is 465. The van der Waals surface area contributed by atoms with Crippen LogP contribution in [0.2, 0.25) is 0 Å². The predicted octanol–water partition coefficient (Wildman–Crippen LogP) is 1.52. The molecule has 82 valence electrons. The molecule has 1 saturated heterocycles. The van der Waals surface area contributed by atoms with Crippen LogP contribution in [0, 0.1) is 11.3 Å². The molecule has 1 aliphatic heterocycles. The van der Waals surface area contributed by atoms with Crippen LogP contribution in [0.25, 0.3) is 0 Å². The average molecular weight is 218 g/mol. The van der Waals surface area contributed by atoms with E-state index in [-0.39, 0.29) is 6.09 Å². The molecule has 1 aromatic carbocycles. The van der Waals surface area contributed by atoms with Crippen LogP contribution in [0.4, 0.5) is 10.5 Å². The molecule has 1 heterocycles. The van der Waals surface area contributed by atoms with Crippen LogP contribution < -0.4 is 9.64 Å². The number of anilines is 1. The summed E-state index contributed by atoms with van der Waals surface area (Å²) in [5, 5.41) is 8.75. The van der Waals surface area contributed by atoms with Gasteiger partial charge in [-0.1, -0.05) is 0 Å². The number of carbonyl (C=O) groups is 1. The van der Waals surface area contributed by atoms with Gasteiger partial charge in [0.1, 0.15) is 12.4 Å². The van der Waals surface area contributed by atoms with Gasteiger partial charge in [-0.25, -0.2) is 4.79 Å². The fourth-order valence-electron chi connectivity index (χ4n) is 1.58. The summed E-state index contributed by atoms with van der Waals surface area (Å²) in [7, 11) is 1.50. The van der Waals surface area contributed by atoms with E-state index in [1.165, 1.54) is 12.0 Å². The summed E-state index contributed by atoms with van der Waals surface area (Å²) < 4.78 is 9.99. The number of methoxy groups -OCH3 is 1. The molecule has 1 aliphatic rings. The monoisotopic (exact) mass is 218 g/mol. The molecule has 0 unspecified atom stereocenters. The molecule has 1 fully saturated rings. The Labute approximate surface area is 92.8 Å². The van der Waals surface area contributed by atoms with Crippen molar-refractivity contribution < 1.29 is 14.3 Å². The molecule has 16 heavy (non-hydrogen) atoms. The van der Waals surface area contributed by atoms with Crippen LogP contribution >= 0.6 is 0 Å². The van der Waals surface area contributed by atoms with Crippen molar-refractivity contribution in [3.63, 3.8) is 0 Å². The van der Waals surface area contributed by atoms with Crippen LogP contribution in [0.5, 0.6) is 5.75 Å². The molecule has 0 atom stereocenters. The minimum atomic E-state index is -0.386. The Kier molecular flexibility index (Phi) is 2.64. The summed E-state index contributed by atoms with van der Waals surface area (Å²) >= 11 is 0. The van der Waals surface area contributed by atoms with E-state index in [2.05, 4.69) is 0 Å². The summed E-state index contributed by atoms with van der Waals surface area (Å²) in [6.07, 6.45) is -0.386. The fraction of sp³-hybridized carbons (Fsp3) is 0.273. The molecule has 5 nitrogen and oxygen atoms in total. The topological polar surface area (TPSA) is 62.6 Å². The van der Waals surface area contributed by atoms with E-state index in [0.29, 0.717) is 30.2 Å². The van der Waals surface area contributed by atoms with E-state index >= 15 is 0 Å². The number of amides is 1. The second kappa shape index (κ2) is 4.11. The molecule has 2 rings (SSSR count). The van der Waals surface area contributed by atoms with Crippen LogP contribution in [0.3, 0.4) is 0 Å². The van der Waals surface area contributed by atoms with Gasteiger partial charge in [0.2, 0.25) is 0 Å². The van der Waals surface area contributed by atoms with Gasteiger partial charge < -0.3 is 9.47 Å². The second-order valence-corrected chi connectivity index (χ2v) is 3.26. The lowest BCUT2D eigenvalue weighted by molar-refractivity contribution is 0.181. The Balaban J connectivity index is 2.41. The van der Waals surface area contributed by atoms with Crippen molar-refractivity contribution in [1.29, 1.82) is 5.26 Å². The van der Waals surface area contributed by atoms with Crippen LogP contribution in [0.15, 0.2) is 18.2 Å². The third kappa shape index (κ3) is 1.65. The first-order valence-electron chi connectivity index (χ1n) is 4.78. The minimum absolute atomic E-state index is 0.377. The van der Waals surface area contributed by atoms with Crippen LogP contribution in [0.1, 0.15) is 5.56 Å². The third-order valence-electron chi connectivity index (χ3n) is 2.36. The Morgan fingerprint density at radius 1 is 1.56 bits per heavy atom.